The van der Waals surface area contributed by atoms with Gasteiger partial charge in [-0.05, 0) is 16.5 Å². The zero-order valence-corrected chi connectivity index (χ0v) is 10.3. The topological polar surface area (TPSA) is 69.6 Å². The minimum absolute atomic E-state index is 0.0313. The molecular formula is C11H13F2N5. The number of aromatic nitrogens is 4. The minimum Gasteiger partial charge on any atom is -0.396 e. The lowest BCUT2D eigenvalue weighted by Crippen LogP contribution is -2.19. The van der Waals surface area contributed by atoms with E-state index in [0.717, 1.165) is 6.07 Å². The molecule has 1 heterocycles. The lowest BCUT2D eigenvalue weighted by atomic mass is 9.95. The Morgan fingerprint density at radius 1 is 1.17 bits per heavy atom. The van der Waals surface area contributed by atoms with Gasteiger partial charge < -0.3 is 5.73 Å². The maximum atomic E-state index is 13.7. The van der Waals surface area contributed by atoms with Crippen molar-refractivity contribution in [3.05, 3.63) is 29.6 Å². The summed E-state index contributed by atoms with van der Waals surface area (Å²) in [6.45, 7) is 5.67. The summed E-state index contributed by atoms with van der Waals surface area (Å²) in [5.74, 6) is -1.10. The Morgan fingerprint density at radius 2 is 1.83 bits per heavy atom. The number of halogens is 2. The first-order chi connectivity index (χ1) is 8.30. The van der Waals surface area contributed by atoms with Crippen molar-refractivity contribution in [3.63, 3.8) is 0 Å². The van der Waals surface area contributed by atoms with Crippen molar-refractivity contribution in [1.82, 2.24) is 20.2 Å². The van der Waals surface area contributed by atoms with E-state index in [1.165, 1.54) is 10.7 Å². The van der Waals surface area contributed by atoms with Crippen molar-refractivity contribution in [1.29, 1.82) is 0 Å². The second-order valence-corrected chi connectivity index (χ2v) is 4.99. The van der Waals surface area contributed by atoms with Gasteiger partial charge in [-0.15, -0.1) is 5.10 Å². The Hall–Kier alpha value is -2.05. The number of anilines is 1. The molecule has 0 aliphatic rings. The fraction of sp³-hybridized carbons (Fsp3) is 0.364. The molecule has 0 fully saturated rings. The van der Waals surface area contributed by atoms with Gasteiger partial charge >= 0.3 is 0 Å². The number of benzene rings is 1. The Balaban J connectivity index is 2.64. The van der Waals surface area contributed by atoms with Gasteiger partial charge in [-0.25, -0.2) is 8.78 Å². The van der Waals surface area contributed by atoms with Crippen molar-refractivity contribution < 1.29 is 8.78 Å². The molecule has 18 heavy (non-hydrogen) atoms. The van der Waals surface area contributed by atoms with Crippen molar-refractivity contribution in [2.45, 2.75) is 26.2 Å². The van der Waals surface area contributed by atoms with Crippen LogP contribution in [0.15, 0.2) is 12.1 Å². The first kappa shape index (κ1) is 12.4. The average Bonchev–Trinajstić information content (AvgIpc) is 2.71. The van der Waals surface area contributed by atoms with Crippen molar-refractivity contribution >= 4 is 5.69 Å². The first-order valence-corrected chi connectivity index (χ1v) is 5.34. The highest BCUT2D eigenvalue weighted by Gasteiger charge is 2.24. The van der Waals surface area contributed by atoms with Gasteiger partial charge in [0, 0.05) is 11.5 Å². The van der Waals surface area contributed by atoms with E-state index in [-0.39, 0.29) is 16.8 Å². The van der Waals surface area contributed by atoms with Gasteiger partial charge in [-0.3, -0.25) is 0 Å². The predicted molar refractivity (Wildman–Crippen MR) is 62.2 cm³/mol. The summed E-state index contributed by atoms with van der Waals surface area (Å²) in [5, 5.41) is 11.1. The van der Waals surface area contributed by atoms with Crippen LogP contribution in [0.3, 0.4) is 0 Å². The third-order valence-electron chi connectivity index (χ3n) is 2.43. The number of nitrogens with two attached hydrogens (primary N) is 1. The minimum atomic E-state index is -0.804. The van der Waals surface area contributed by atoms with E-state index < -0.39 is 11.6 Å². The summed E-state index contributed by atoms with van der Waals surface area (Å²) in [4.78, 5) is 0. The molecule has 0 aliphatic heterocycles. The van der Waals surface area contributed by atoms with Gasteiger partial charge in [-0.1, -0.05) is 20.8 Å². The maximum absolute atomic E-state index is 13.7. The van der Waals surface area contributed by atoms with Crippen LogP contribution < -0.4 is 5.73 Å². The monoisotopic (exact) mass is 253 g/mol. The number of hydrogen-bond acceptors (Lipinski definition) is 4. The molecule has 0 saturated carbocycles. The van der Waals surface area contributed by atoms with Crippen LogP contribution in [0.2, 0.25) is 0 Å². The quantitative estimate of drug-likeness (QED) is 0.787. The van der Waals surface area contributed by atoms with Crippen LogP contribution in [-0.2, 0) is 5.41 Å². The maximum Gasteiger partial charge on any atom is 0.162 e. The highest BCUT2D eigenvalue weighted by Crippen LogP contribution is 2.25. The Labute approximate surface area is 103 Å². The smallest absolute Gasteiger partial charge is 0.162 e. The van der Waals surface area contributed by atoms with Crippen LogP contribution in [0.4, 0.5) is 14.5 Å². The number of nitrogen functional groups attached to an aromatic ring is 1. The molecule has 0 unspecified atom stereocenters. The molecule has 1 aromatic heterocycles. The fourth-order valence-electron chi connectivity index (χ4n) is 1.53. The van der Waals surface area contributed by atoms with Gasteiger partial charge in [-0.2, -0.15) is 4.68 Å². The number of tetrazole rings is 1. The molecule has 2 rings (SSSR count). The molecule has 0 bridgehead atoms. The number of nitrogens with zero attached hydrogens (tertiary/aromatic N) is 4. The lowest BCUT2D eigenvalue weighted by Gasteiger charge is -2.17. The Kier molecular flexibility index (Phi) is 2.76. The molecule has 0 saturated heterocycles. The lowest BCUT2D eigenvalue weighted by molar-refractivity contribution is 0.515. The van der Waals surface area contributed by atoms with Crippen LogP contribution in [0, 0.1) is 11.6 Å². The molecule has 5 nitrogen and oxygen atoms in total. The van der Waals surface area contributed by atoms with Crippen molar-refractivity contribution in [2.24, 2.45) is 0 Å². The van der Waals surface area contributed by atoms with Gasteiger partial charge in [0.2, 0.25) is 0 Å². The standard InChI is InChI=1S/C11H13F2N5/c1-11(2,3)10-15-16-17-18(10)9-5-8(14)6(12)4-7(9)13/h4-5H,14H2,1-3H3. The summed E-state index contributed by atoms with van der Waals surface area (Å²) in [7, 11) is 0. The van der Waals surface area contributed by atoms with Gasteiger partial charge in [0.25, 0.3) is 0 Å². The van der Waals surface area contributed by atoms with Crippen molar-refractivity contribution in [2.75, 3.05) is 5.73 Å². The largest absolute Gasteiger partial charge is 0.396 e. The molecule has 7 heteroatoms. The summed E-state index contributed by atoms with van der Waals surface area (Å²) < 4.78 is 28.1. The molecule has 0 radical (unpaired) electrons. The van der Waals surface area contributed by atoms with E-state index >= 15 is 0 Å². The Morgan fingerprint density at radius 3 is 2.44 bits per heavy atom. The molecular weight excluding hydrogens is 240 g/mol. The molecule has 0 spiro atoms. The third-order valence-corrected chi connectivity index (χ3v) is 2.43. The van der Waals surface area contributed by atoms with E-state index in [9.17, 15) is 8.78 Å². The summed E-state index contributed by atoms with van der Waals surface area (Å²) in [6.07, 6.45) is 0. The van der Waals surface area contributed by atoms with Crippen LogP contribution >= 0.6 is 0 Å². The molecule has 2 N–H and O–H groups in total. The highest BCUT2D eigenvalue weighted by molar-refractivity contribution is 5.49. The molecule has 96 valence electrons. The average molecular weight is 253 g/mol. The van der Waals surface area contributed by atoms with E-state index in [2.05, 4.69) is 15.5 Å². The molecule has 1 aromatic carbocycles. The summed E-state index contributed by atoms with van der Waals surface area (Å²) >= 11 is 0. The van der Waals surface area contributed by atoms with Crippen LogP contribution in [0.25, 0.3) is 5.69 Å². The summed E-state index contributed by atoms with van der Waals surface area (Å²) in [6, 6.07) is 1.90. The molecule has 2 aromatic rings. The van der Waals surface area contributed by atoms with Crippen molar-refractivity contribution in [3.8, 4) is 5.69 Å². The van der Waals surface area contributed by atoms with E-state index in [4.69, 9.17) is 5.73 Å². The zero-order valence-electron chi connectivity index (χ0n) is 10.3. The SMILES string of the molecule is CC(C)(C)c1nnnn1-c1cc(N)c(F)cc1F. The zero-order chi connectivity index (χ0) is 13.5. The second kappa shape index (κ2) is 4.01. The molecule has 0 atom stereocenters. The molecule has 0 amide bonds. The third kappa shape index (κ3) is 2.03. The number of rotatable bonds is 1. The fourth-order valence-corrected chi connectivity index (χ4v) is 1.53. The van der Waals surface area contributed by atoms with E-state index in [0.29, 0.717) is 5.82 Å². The normalized spacial score (nSPS) is 11.8. The van der Waals surface area contributed by atoms with Crippen LogP contribution in [0.5, 0.6) is 0 Å². The van der Waals surface area contributed by atoms with Crippen LogP contribution in [-0.4, -0.2) is 20.2 Å². The first-order valence-electron chi connectivity index (χ1n) is 5.34. The van der Waals surface area contributed by atoms with Gasteiger partial charge in [0.15, 0.2) is 11.6 Å². The highest BCUT2D eigenvalue weighted by atomic mass is 19.1. The molecule has 0 aliphatic carbocycles. The summed E-state index contributed by atoms with van der Waals surface area (Å²) in [5.41, 5.74) is 4.94. The number of hydrogen-bond donors (Lipinski definition) is 1. The van der Waals surface area contributed by atoms with Crippen LogP contribution in [0.1, 0.15) is 26.6 Å². The predicted octanol–water partition coefficient (Wildman–Crippen LogP) is 1.82. The Bertz CT molecular complexity index is 586. The van der Waals surface area contributed by atoms with E-state index in [1.54, 1.807) is 0 Å². The van der Waals surface area contributed by atoms with E-state index in [1.807, 2.05) is 20.8 Å². The van der Waals surface area contributed by atoms with Gasteiger partial charge in [0.1, 0.15) is 11.5 Å². The van der Waals surface area contributed by atoms with Gasteiger partial charge in [0.05, 0.1) is 5.69 Å². The second-order valence-electron chi connectivity index (χ2n) is 4.99.